The summed E-state index contributed by atoms with van der Waals surface area (Å²) in [5, 5.41) is 9.86. The maximum absolute atomic E-state index is 12.6. The average Bonchev–Trinajstić information content (AvgIpc) is 2.90. The molecule has 0 aliphatic carbocycles. The summed E-state index contributed by atoms with van der Waals surface area (Å²) in [6.45, 7) is 1.83. The number of esters is 1. The van der Waals surface area contributed by atoms with Crippen LogP contribution in [0.1, 0.15) is 12.0 Å². The van der Waals surface area contributed by atoms with Crippen LogP contribution < -0.4 is 0 Å². The van der Waals surface area contributed by atoms with Gasteiger partial charge in [-0.15, -0.1) is 0 Å². The van der Waals surface area contributed by atoms with Crippen molar-refractivity contribution < 1.29 is 23.1 Å². The van der Waals surface area contributed by atoms with Crippen LogP contribution in [-0.2, 0) is 19.6 Å². The van der Waals surface area contributed by atoms with Crippen LogP contribution in [0.5, 0.6) is 0 Å². The van der Waals surface area contributed by atoms with Crippen molar-refractivity contribution >= 4 is 16.0 Å². The van der Waals surface area contributed by atoms with Crippen molar-refractivity contribution in [2.24, 2.45) is 0 Å². The number of aliphatic hydroxyl groups excluding tert-OH is 1. The van der Waals surface area contributed by atoms with Gasteiger partial charge in [-0.25, -0.2) is 8.42 Å². The lowest BCUT2D eigenvalue weighted by Gasteiger charge is -2.20. The lowest BCUT2D eigenvalue weighted by molar-refractivity contribution is -0.144. The molecule has 2 heterocycles. The van der Waals surface area contributed by atoms with E-state index < -0.39 is 34.2 Å². The standard InChI is InChI=1S/C13H15NO5S/c1-8-2-4-9(5-3-8)20(17,18)14-7-11(15)13-10(14)6-12(16)19-13/h2-5,10-11,13,15H,6-7H2,1H3/t10?,11-,13+/m1/s1. The first kappa shape index (κ1) is 13.5. The number of hydrogen-bond donors (Lipinski definition) is 1. The quantitative estimate of drug-likeness (QED) is 0.780. The number of carbonyl (C=O) groups is 1. The largest absolute Gasteiger partial charge is 0.458 e. The molecule has 0 saturated carbocycles. The Balaban J connectivity index is 1.96. The van der Waals surface area contributed by atoms with Crippen LogP contribution in [0.2, 0.25) is 0 Å². The molecule has 108 valence electrons. The van der Waals surface area contributed by atoms with Gasteiger partial charge in [-0.05, 0) is 19.1 Å². The highest BCUT2D eigenvalue weighted by Crippen LogP contribution is 2.34. The predicted molar refractivity (Wildman–Crippen MR) is 69.4 cm³/mol. The first-order valence-corrected chi connectivity index (χ1v) is 7.79. The molecule has 3 rings (SSSR count). The zero-order valence-electron chi connectivity index (χ0n) is 10.9. The highest BCUT2D eigenvalue weighted by molar-refractivity contribution is 7.89. The summed E-state index contributed by atoms with van der Waals surface area (Å²) in [6, 6.07) is 5.88. The number of carbonyl (C=O) groups excluding carboxylic acids is 1. The molecular formula is C13H15NO5S. The van der Waals surface area contributed by atoms with Crippen LogP contribution in [0.15, 0.2) is 29.2 Å². The molecular weight excluding hydrogens is 282 g/mol. The molecule has 1 unspecified atom stereocenters. The molecule has 1 aromatic carbocycles. The van der Waals surface area contributed by atoms with Crippen molar-refractivity contribution in [3.8, 4) is 0 Å². The number of ether oxygens (including phenoxy) is 1. The Morgan fingerprint density at radius 2 is 1.95 bits per heavy atom. The van der Waals surface area contributed by atoms with Gasteiger partial charge in [0.05, 0.1) is 17.4 Å². The summed E-state index contributed by atoms with van der Waals surface area (Å²) in [5.74, 6) is -0.470. The Kier molecular flexibility index (Phi) is 3.07. The molecule has 0 radical (unpaired) electrons. The van der Waals surface area contributed by atoms with Crippen molar-refractivity contribution in [1.82, 2.24) is 4.31 Å². The highest BCUT2D eigenvalue weighted by atomic mass is 32.2. The maximum Gasteiger partial charge on any atom is 0.307 e. The Bertz CT molecular complexity index is 639. The second kappa shape index (κ2) is 4.54. The highest BCUT2D eigenvalue weighted by Gasteiger charge is 2.53. The van der Waals surface area contributed by atoms with Gasteiger partial charge in [0.1, 0.15) is 12.2 Å². The number of nitrogens with zero attached hydrogens (tertiary/aromatic N) is 1. The van der Waals surface area contributed by atoms with E-state index in [1.54, 1.807) is 12.1 Å². The number of aryl methyl sites for hydroxylation is 1. The van der Waals surface area contributed by atoms with Gasteiger partial charge in [0.15, 0.2) is 0 Å². The van der Waals surface area contributed by atoms with Gasteiger partial charge in [0, 0.05) is 6.54 Å². The van der Waals surface area contributed by atoms with E-state index in [1.165, 1.54) is 16.4 Å². The van der Waals surface area contributed by atoms with Gasteiger partial charge >= 0.3 is 5.97 Å². The number of fused-ring (bicyclic) bond motifs is 1. The molecule has 2 aliphatic heterocycles. The Labute approximate surface area is 117 Å². The molecule has 20 heavy (non-hydrogen) atoms. The molecule has 7 heteroatoms. The molecule has 0 spiro atoms. The fraction of sp³-hybridized carbons (Fsp3) is 0.462. The summed E-state index contributed by atoms with van der Waals surface area (Å²) < 4.78 is 31.3. The van der Waals surface area contributed by atoms with Crippen LogP contribution in [0, 0.1) is 6.92 Å². The van der Waals surface area contributed by atoms with Crippen LogP contribution in [-0.4, -0.2) is 48.6 Å². The molecule has 0 aromatic heterocycles. The van der Waals surface area contributed by atoms with Gasteiger partial charge in [0.25, 0.3) is 0 Å². The normalized spacial score (nSPS) is 30.3. The fourth-order valence-corrected chi connectivity index (χ4v) is 4.36. The smallest absolute Gasteiger partial charge is 0.307 e. The van der Waals surface area contributed by atoms with Crippen LogP contribution in [0.3, 0.4) is 0 Å². The van der Waals surface area contributed by atoms with E-state index in [2.05, 4.69) is 0 Å². The van der Waals surface area contributed by atoms with E-state index >= 15 is 0 Å². The number of aliphatic hydroxyl groups is 1. The first-order chi connectivity index (χ1) is 9.39. The third-order valence-electron chi connectivity index (χ3n) is 3.77. The monoisotopic (exact) mass is 297 g/mol. The van der Waals surface area contributed by atoms with Crippen LogP contribution >= 0.6 is 0 Å². The molecule has 1 N–H and O–H groups in total. The molecule has 2 aliphatic rings. The van der Waals surface area contributed by atoms with Gasteiger partial charge < -0.3 is 9.84 Å². The predicted octanol–water partition coefficient (Wildman–Crippen LogP) is 0.0443. The number of hydrogen-bond acceptors (Lipinski definition) is 5. The summed E-state index contributed by atoms with van der Waals surface area (Å²) in [5.41, 5.74) is 0.961. The number of benzene rings is 1. The van der Waals surface area contributed by atoms with Crippen molar-refractivity contribution in [1.29, 1.82) is 0 Å². The summed E-state index contributed by atoms with van der Waals surface area (Å²) in [4.78, 5) is 11.5. The molecule has 3 atom stereocenters. The zero-order valence-corrected chi connectivity index (χ0v) is 11.7. The van der Waals surface area contributed by atoms with Crippen LogP contribution in [0.25, 0.3) is 0 Å². The Morgan fingerprint density at radius 1 is 1.30 bits per heavy atom. The second-order valence-corrected chi connectivity index (χ2v) is 7.07. The fourth-order valence-electron chi connectivity index (χ4n) is 2.71. The first-order valence-electron chi connectivity index (χ1n) is 6.35. The van der Waals surface area contributed by atoms with E-state index in [-0.39, 0.29) is 17.9 Å². The van der Waals surface area contributed by atoms with Crippen molar-refractivity contribution in [3.05, 3.63) is 29.8 Å². The second-order valence-electron chi connectivity index (χ2n) is 5.18. The topological polar surface area (TPSA) is 83.9 Å². The van der Waals surface area contributed by atoms with Gasteiger partial charge in [-0.3, -0.25) is 4.79 Å². The minimum Gasteiger partial charge on any atom is -0.458 e. The van der Waals surface area contributed by atoms with E-state index in [4.69, 9.17) is 4.74 Å². The Morgan fingerprint density at radius 3 is 2.60 bits per heavy atom. The number of sulfonamides is 1. The van der Waals surface area contributed by atoms with Crippen molar-refractivity contribution in [2.45, 2.75) is 36.5 Å². The lowest BCUT2D eigenvalue weighted by Crippen LogP contribution is -2.37. The van der Waals surface area contributed by atoms with Gasteiger partial charge in [-0.2, -0.15) is 4.31 Å². The van der Waals surface area contributed by atoms with Gasteiger partial charge in [-0.1, -0.05) is 17.7 Å². The van der Waals surface area contributed by atoms with Crippen LogP contribution in [0.4, 0.5) is 0 Å². The van der Waals surface area contributed by atoms with E-state index in [9.17, 15) is 18.3 Å². The molecule has 0 bridgehead atoms. The molecule has 6 nitrogen and oxygen atoms in total. The van der Waals surface area contributed by atoms with Crippen molar-refractivity contribution in [3.63, 3.8) is 0 Å². The minimum absolute atomic E-state index is 0.00712. The third-order valence-corrected chi connectivity index (χ3v) is 5.67. The average molecular weight is 297 g/mol. The zero-order chi connectivity index (χ0) is 14.5. The van der Waals surface area contributed by atoms with Crippen molar-refractivity contribution in [2.75, 3.05) is 6.54 Å². The molecule has 2 fully saturated rings. The summed E-state index contributed by atoms with van der Waals surface area (Å²) >= 11 is 0. The Hall–Kier alpha value is -1.44. The summed E-state index contributed by atoms with van der Waals surface area (Å²) in [7, 11) is -3.72. The molecule has 0 amide bonds. The third kappa shape index (κ3) is 2.02. The molecule has 1 aromatic rings. The van der Waals surface area contributed by atoms with E-state index in [1.807, 2.05) is 6.92 Å². The van der Waals surface area contributed by atoms with E-state index in [0.717, 1.165) is 5.56 Å². The van der Waals surface area contributed by atoms with E-state index in [0.29, 0.717) is 0 Å². The minimum atomic E-state index is -3.72. The van der Waals surface area contributed by atoms with Gasteiger partial charge in [0.2, 0.25) is 10.0 Å². The number of β-amino-alcohol motifs (C(OH)–C–C–N with tert-alkyl or cyclic N) is 1. The molecule has 2 saturated heterocycles. The SMILES string of the molecule is Cc1ccc(S(=O)(=O)N2C[C@@H](O)[C@H]3OC(=O)CC32)cc1. The summed E-state index contributed by atoms with van der Waals surface area (Å²) in [6.07, 6.45) is -1.72. The maximum atomic E-state index is 12.6. The number of rotatable bonds is 2. The lowest BCUT2D eigenvalue weighted by atomic mass is 10.1.